The Labute approximate surface area is 130 Å². The number of nitrogens with zero attached hydrogens (tertiary/aromatic N) is 1. The van der Waals surface area contributed by atoms with Crippen LogP contribution in [0.1, 0.15) is 19.8 Å². The first-order valence-corrected chi connectivity index (χ1v) is 7.48. The van der Waals surface area contributed by atoms with Gasteiger partial charge in [0.05, 0.1) is 25.9 Å². The fraction of sp³-hybridized carbons (Fsp3) is 0.562. The van der Waals surface area contributed by atoms with Gasteiger partial charge >= 0.3 is 6.09 Å². The number of carbonyl (C=O) groups is 1. The molecule has 6 heteroatoms. The van der Waals surface area contributed by atoms with E-state index in [-0.39, 0.29) is 18.3 Å². The molecule has 2 atom stereocenters. The smallest absolute Gasteiger partial charge is 0.414 e. The Balaban J connectivity index is 1.85. The third-order valence-electron chi connectivity index (χ3n) is 3.41. The van der Waals surface area contributed by atoms with Crippen LogP contribution in [0.5, 0.6) is 5.75 Å². The number of cyclic esters (lactones) is 1. The van der Waals surface area contributed by atoms with Crippen LogP contribution in [0.2, 0.25) is 0 Å². The summed E-state index contributed by atoms with van der Waals surface area (Å²) >= 11 is 0. The molecule has 1 aromatic rings. The normalized spacial score (nSPS) is 19.1. The van der Waals surface area contributed by atoms with Crippen LogP contribution < -0.4 is 9.64 Å². The van der Waals surface area contributed by atoms with E-state index >= 15 is 0 Å². The van der Waals surface area contributed by atoms with E-state index in [0.29, 0.717) is 19.8 Å². The lowest BCUT2D eigenvalue weighted by Gasteiger charge is -2.14. The van der Waals surface area contributed by atoms with Crippen molar-refractivity contribution in [1.82, 2.24) is 0 Å². The molecule has 0 bridgehead atoms. The molecule has 0 radical (unpaired) electrons. The highest BCUT2D eigenvalue weighted by Crippen LogP contribution is 2.24. The highest BCUT2D eigenvalue weighted by molar-refractivity contribution is 5.89. The van der Waals surface area contributed by atoms with E-state index in [4.69, 9.17) is 14.2 Å². The van der Waals surface area contributed by atoms with Crippen LogP contribution in [0, 0.1) is 0 Å². The van der Waals surface area contributed by atoms with E-state index in [1.165, 1.54) is 0 Å². The zero-order valence-corrected chi connectivity index (χ0v) is 13.0. The summed E-state index contributed by atoms with van der Waals surface area (Å²) in [5, 5.41) is 9.18. The molecule has 122 valence electrons. The summed E-state index contributed by atoms with van der Waals surface area (Å²) in [6.07, 6.45) is 0.642. The molecular weight excluding hydrogens is 286 g/mol. The topological polar surface area (TPSA) is 68.2 Å². The van der Waals surface area contributed by atoms with Gasteiger partial charge in [-0.15, -0.1) is 0 Å². The van der Waals surface area contributed by atoms with E-state index in [1.54, 1.807) is 18.9 Å². The summed E-state index contributed by atoms with van der Waals surface area (Å²) in [6, 6.07) is 7.32. The van der Waals surface area contributed by atoms with Crippen molar-refractivity contribution < 1.29 is 24.1 Å². The molecule has 1 N–H and O–H groups in total. The number of anilines is 1. The summed E-state index contributed by atoms with van der Waals surface area (Å²) in [5.74, 6) is 0.746. The second kappa shape index (κ2) is 8.00. The van der Waals surface area contributed by atoms with Gasteiger partial charge in [0.2, 0.25) is 0 Å². The van der Waals surface area contributed by atoms with Crippen LogP contribution in [-0.4, -0.2) is 50.3 Å². The molecule has 1 aliphatic rings. The van der Waals surface area contributed by atoms with Crippen molar-refractivity contribution in [3.05, 3.63) is 24.3 Å². The largest absolute Gasteiger partial charge is 0.494 e. The first-order chi connectivity index (χ1) is 10.6. The maximum atomic E-state index is 11.8. The minimum absolute atomic E-state index is 0.228. The summed E-state index contributed by atoms with van der Waals surface area (Å²) in [6.45, 7) is 3.21. The molecular formula is C16H23NO5. The maximum Gasteiger partial charge on any atom is 0.414 e. The summed E-state index contributed by atoms with van der Waals surface area (Å²) in [4.78, 5) is 13.4. The Kier molecular flexibility index (Phi) is 6.03. The first kappa shape index (κ1) is 16.6. The lowest BCUT2D eigenvalue weighted by atomic mass is 10.2. The molecule has 2 rings (SSSR count). The van der Waals surface area contributed by atoms with Crippen molar-refractivity contribution in [3.8, 4) is 5.75 Å². The van der Waals surface area contributed by atoms with Gasteiger partial charge in [0.25, 0.3) is 0 Å². The molecule has 1 unspecified atom stereocenters. The molecule has 1 saturated heterocycles. The van der Waals surface area contributed by atoms with Crippen LogP contribution in [-0.2, 0) is 9.47 Å². The summed E-state index contributed by atoms with van der Waals surface area (Å²) < 4.78 is 15.8. The molecule has 0 aliphatic carbocycles. The van der Waals surface area contributed by atoms with Crippen molar-refractivity contribution >= 4 is 11.8 Å². The average molecular weight is 309 g/mol. The van der Waals surface area contributed by atoms with E-state index in [0.717, 1.165) is 24.3 Å². The van der Waals surface area contributed by atoms with Crippen LogP contribution in [0.3, 0.4) is 0 Å². The second-order valence-corrected chi connectivity index (χ2v) is 5.41. The Morgan fingerprint density at radius 2 is 2.14 bits per heavy atom. The predicted octanol–water partition coefficient (Wildman–Crippen LogP) is 2.20. The minimum atomic E-state index is -0.354. The van der Waals surface area contributed by atoms with Crippen LogP contribution in [0.25, 0.3) is 0 Å². The van der Waals surface area contributed by atoms with Gasteiger partial charge in [-0.2, -0.15) is 0 Å². The highest BCUT2D eigenvalue weighted by Gasteiger charge is 2.32. The SMILES string of the molecule is COC[C@H]1CN(c2ccc(OCCCC(C)O)cc2)C(=O)O1. The van der Waals surface area contributed by atoms with Crippen molar-refractivity contribution in [2.75, 3.05) is 31.8 Å². The molecule has 6 nitrogen and oxygen atoms in total. The van der Waals surface area contributed by atoms with Crippen molar-refractivity contribution in [1.29, 1.82) is 0 Å². The van der Waals surface area contributed by atoms with Crippen molar-refractivity contribution in [3.63, 3.8) is 0 Å². The Hall–Kier alpha value is -1.79. The Morgan fingerprint density at radius 3 is 2.77 bits per heavy atom. The standard InChI is InChI=1S/C16H23NO5/c1-12(18)4-3-9-21-14-7-5-13(6-8-14)17-10-15(11-20-2)22-16(17)19/h5-8,12,15,18H,3-4,9-11H2,1-2H3/t12?,15-/m1/s1. The van der Waals surface area contributed by atoms with Gasteiger partial charge in [0.1, 0.15) is 11.9 Å². The van der Waals surface area contributed by atoms with Crippen LogP contribution >= 0.6 is 0 Å². The molecule has 22 heavy (non-hydrogen) atoms. The van der Waals surface area contributed by atoms with Crippen LogP contribution in [0.4, 0.5) is 10.5 Å². The number of hydrogen-bond acceptors (Lipinski definition) is 5. The number of benzene rings is 1. The third-order valence-corrected chi connectivity index (χ3v) is 3.41. The lowest BCUT2D eigenvalue weighted by molar-refractivity contribution is 0.0718. The van der Waals surface area contributed by atoms with E-state index in [1.807, 2.05) is 24.3 Å². The zero-order valence-electron chi connectivity index (χ0n) is 13.0. The average Bonchev–Trinajstić information content (AvgIpc) is 2.85. The van der Waals surface area contributed by atoms with Crippen molar-refractivity contribution in [2.24, 2.45) is 0 Å². The van der Waals surface area contributed by atoms with Gasteiger partial charge in [-0.3, -0.25) is 4.90 Å². The number of amides is 1. The molecule has 1 amide bonds. The summed E-state index contributed by atoms with van der Waals surface area (Å²) in [7, 11) is 1.58. The highest BCUT2D eigenvalue weighted by atomic mass is 16.6. The number of carbonyl (C=O) groups excluding carboxylic acids is 1. The fourth-order valence-corrected chi connectivity index (χ4v) is 2.30. The number of methoxy groups -OCH3 is 1. The van der Waals surface area contributed by atoms with Gasteiger partial charge in [-0.1, -0.05) is 0 Å². The summed E-state index contributed by atoms with van der Waals surface area (Å²) in [5.41, 5.74) is 0.778. The first-order valence-electron chi connectivity index (χ1n) is 7.48. The third kappa shape index (κ3) is 4.61. The van der Waals surface area contributed by atoms with Gasteiger partial charge in [-0.05, 0) is 44.0 Å². The lowest BCUT2D eigenvalue weighted by Crippen LogP contribution is -2.25. The number of aliphatic hydroxyl groups is 1. The maximum absolute atomic E-state index is 11.8. The van der Waals surface area contributed by atoms with Gasteiger partial charge in [0, 0.05) is 12.8 Å². The Morgan fingerprint density at radius 1 is 1.41 bits per heavy atom. The number of aliphatic hydroxyl groups excluding tert-OH is 1. The Bertz CT molecular complexity index is 474. The minimum Gasteiger partial charge on any atom is -0.494 e. The molecule has 0 saturated carbocycles. The molecule has 0 aromatic heterocycles. The molecule has 1 heterocycles. The van der Waals surface area contributed by atoms with E-state index in [2.05, 4.69) is 0 Å². The van der Waals surface area contributed by atoms with E-state index in [9.17, 15) is 9.90 Å². The van der Waals surface area contributed by atoms with Crippen molar-refractivity contribution in [2.45, 2.75) is 32.0 Å². The zero-order chi connectivity index (χ0) is 15.9. The molecule has 1 aromatic carbocycles. The number of hydrogen-bond donors (Lipinski definition) is 1. The van der Waals surface area contributed by atoms with E-state index < -0.39 is 0 Å². The molecule has 1 fully saturated rings. The predicted molar refractivity (Wildman–Crippen MR) is 82.3 cm³/mol. The van der Waals surface area contributed by atoms with Gasteiger partial charge in [-0.25, -0.2) is 4.79 Å². The second-order valence-electron chi connectivity index (χ2n) is 5.41. The van der Waals surface area contributed by atoms with Gasteiger partial charge in [0.15, 0.2) is 0 Å². The number of rotatable bonds is 8. The van der Waals surface area contributed by atoms with Crippen LogP contribution in [0.15, 0.2) is 24.3 Å². The molecule has 0 spiro atoms. The van der Waals surface area contributed by atoms with Gasteiger partial charge < -0.3 is 19.3 Å². The monoisotopic (exact) mass is 309 g/mol. The molecule has 1 aliphatic heterocycles. The fourth-order valence-electron chi connectivity index (χ4n) is 2.30. The number of ether oxygens (including phenoxy) is 3. The quantitative estimate of drug-likeness (QED) is 0.746.